The molecular formula is C19H27N3O3. The lowest BCUT2D eigenvalue weighted by atomic mass is 9.72. The van der Waals surface area contributed by atoms with Crippen molar-refractivity contribution in [3.8, 4) is 0 Å². The highest BCUT2D eigenvalue weighted by atomic mass is 16.5. The van der Waals surface area contributed by atoms with Gasteiger partial charge in [0.15, 0.2) is 0 Å². The summed E-state index contributed by atoms with van der Waals surface area (Å²) in [4.78, 5) is 28.3. The van der Waals surface area contributed by atoms with E-state index in [1.807, 2.05) is 18.2 Å². The summed E-state index contributed by atoms with van der Waals surface area (Å²) in [6.45, 7) is 3.27. The summed E-state index contributed by atoms with van der Waals surface area (Å²) in [6.07, 6.45) is 3.15. The molecule has 6 nitrogen and oxygen atoms in total. The number of hydrogen-bond donors (Lipinski definition) is 1. The predicted molar refractivity (Wildman–Crippen MR) is 95.0 cm³/mol. The van der Waals surface area contributed by atoms with Crippen LogP contribution < -0.4 is 5.32 Å². The van der Waals surface area contributed by atoms with Crippen molar-refractivity contribution in [3.63, 3.8) is 0 Å². The van der Waals surface area contributed by atoms with E-state index in [0.717, 1.165) is 32.4 Å². The molecule has 136 valence electrons. The average molecular weight is 345 g/mol. The Morgan fingerprint density at radius 3 is 2.36 bits per heavy atom. The van der Waals surface area contributed by atoms with Crippen LogP contribution in [0.25, 0.3) is 0 Å². The van der Waals surface area contributed by atoms with E-state index in [1.165, 1.54) is 12.7 Å². The fourth-order valence-electron chi connectivity index (χ4n) is 3.65. The molecule has 6 heteroatoms. The van der Waals surface area contributed by atoms with E-state index >= 15 is 0 Å². The largest absolute Gasteiger partial charge is 0.375 e. The van der Waals surface area contributed by atoms with Crippen molar-refractivity contribution < 1.29 is 14.3 Å². The third-order valence-corrected chi connectivity index (χ3v) is 5.27. The lowest BCUT2D eigenvalue weighted by Crippen LogP contribution is -2.56. The first-order valence-electron chi connectivity index (χ1n) is 8.98. The van der Waals surface area contributed by atoms with Crippen LogP contribution in [-0.2, 0) is 19.9 Å². The van der Waals surface area contributed by atoms with Gasteiger partial charge in [-0.2, -0.15) is 0 Å². The summed E-state index contributed by atoms with van der Waals surface area (Å²) in [5, 5.41) is 3.27. The molecule has 1 aliphatic heterocycles. The molecule has 1 saturated heterocycles. The first-order chi connectivity index (χ1) is 12.1. The summed E-state index contributed by atoms with van der Waals surface area (Å²) in [7, 11) is 1.53. The van der Waals surface area contributed by atoms with Crippen LogP contribution in [0.1, 0.15) is 24.8 Å². The molecule has 1 N–H and O–H groups in total. The minimum atomic E-state index is -0.186. The van der Waals surface area contributed by atoms with Crippen LogP contribution in [0.5, 0.6) is 0 Å². The Morgan fingerprint density at radius 2 is 1.80 bits per heavy atom. The number of nitrogens with zero attached hydrogens (tertiary/aromatic N) is 2. The van der Waals surface area contributed by atoms with Gasteiger partial charge in [-0.1, -0.05) is 30.3 Å². The molecule has 0 bridgehead atoms. The Balaban J connectivity index is 1.49. The van der Waals surface area contributed by atoms with E-state index in [0.29, 0.717) is 19.6 Å². The van der Waals surface area contributed by atoms with E-state index in [2.05, 4.69) is 22.3 Å². The maximum Gasteiger partial charge on any atom is 0.248 e. The van der Waals surface area contributed by atoms with Crippen LogP contribution in [-0.4, -0.2) is 68.1 Å². The Labute approximate surface area is 149 Å². The summed E-state index contributed by atoms with van der Waals surface area (Å²) in [5.74, 6) is 0.0873. The van der Waals surface area contributed by atoms with Crippen LogP contribution >= 0.6 is 0 Å². The van der Waals surface area contributed by atoms with Crippen LogP contribution in [0.2, 0.25) is 0 Å². The number of carbonyl (C=O) groups excluding carboxylic acids is 2. The topological polar surface area (TPSA) is 61.9 Å². The molecule has 1 aromatic rings. The molecule has 1 aromatic carbocycles. The van der Waals surface area contributed by atoms with E-state index in [9.17, 15) is 9.59 Å². The lowest BCUT2D eigenvalue weighted by Gasteiger charge is -2.44. The summed E-state index contributed by atoms with van der Waals surface area (Å²) in [6, 6.07) is 10.2. The van der Waals surface area contributed by atoms with E-state index in [4.69, 9.17) is 4.74 Å². The maximum atomic E-state index is 12.6. The van der Waals surface area contributed by atoms with Gasteiger partial charge in [0.05, 0.1) is 12.1 Å². The molecular weight excluding hydrogens is 318 g/mol. The smallest absolute Gasteiger partial charge is 0.248 e. The van der Waals surface area contributed by atoms with E-state index in [1.54, 1.807) is 4.90 Å². The zero-order valence-corrected chi connectivity index (χ0v) is 14.9. The Kier molecular flexibility index (Phi) is 5.71. The molecule has 0 radical (unpaired) electrons. The molecule has 1 heterocycles. The molecule has 0 spiro atoms. The first kappa shape index (κ1) is 17.9. The van der Waals surface area contributed by atoms with Gasteiger partial charge >= 0.3 is 0 Å². The third kappa shape index (κ3) is 4.19. The van der Waals surface area contributed by atoms with Crippen molar-refractivity contribution in [2.45, 2.75) is 24.8 Å². The molecule has 2 amide bonds. The molecule has 3 rings (SSSR count). The van der Waals surface area contributed by atoms with Crippen molar-refractivity contribution in [3.05, 3.63) is 35.9 Å². The highest BCUT2D eigenvalue weighted by Gasteiger charge is 2.40. The number of hydrogen-bond acceptors (Lipinski definition) is 4. The standard InChI is InChI=1S/C19H27N3O3/c1-25-15-18(24)22-12-10-21(11-13-22)14-17(23)20-19(8-5-9-19)16-6-3-2-4-7-16/h2-4,6-7H,5,8-15H2,1H3,(H,20,23). The Morgan fingerprint density at radius 1 is 1.12 bits per heavy atom. The van der Waals surface area contributed by atoms with Gasteiger partial charge in [-0.3, -0.25) is 14.5 Å². The SMILES string of the molecule is COCC(=O)N1CCN(CC(=O)NC2(c3ccccc3)CCC2)CC1. The fourth-order valence-corrected chi connectivity index (χ4v) is 3.65. The second-order valence-corrected chi connectivity index (χ2v) is 6.94. The monoisotopic (exact) mass is 345 g/mol. The van der Waals surface area contributed by atoms with Crippen molar-refractivity contribution >= 4 is 11.8 Å². The van der Waals surface area contributed by atoms with Gasteiger partial charge in [0.1, 0.15) is 6.61 Å². The van der Waals surface area contributed by atoms with Crippen molar-refractivity contribution in [1.29, 1.82) is 0 Å². The molecule has 25 heavy (non-hydrogen) atoms. The Hall–Kier alpha value is -1.92. The number of amides is 2. The van der Waals surface area contributed by atoms with Crippen LogP contribution in [0.4, 0.5) is 0 Å². The van der Waals surface area contributed by atoms with Gasteiger partial charge < -0.3 is 15.0 Å². The zero-order chi connectivity index (χ0) is 17.7. The summed E-state index contributed by atoms with van der Waals surface area (Å²) < 4.78 is 4.89. The van der Waals surface area contributed by atoms with Crippen LogP contribution in [0, 0.1) is 0 Å². The molecule has 0 unspecified atom stereocenters. The molecule has 0 atom stereocenters. The normalized spacial score (nSPS) is 20.0. The third-order valence-electron chi connectivity index (χ3n) is 5.27. The molecule has 2 aliphatic rings. The lowest BCUT2D eigenvalue weighted by molar-refractivity contribution is -0.137. The van der Waals surface area contributed by atoms with Gasteiger partial charge in [0.25, 0.3) is 0 Å². The predicted octanol–water partition coefficient (Wildman–Crippen LogP) is 0.973. The van der Waals surface area contributed by atoms with Crippen LogP contribution in [0.15, 0.2) is 30.3 Å². The number of piperazine rings is 1. The zero-order valence-electron chi connectivity index (χ0n) is 14.9. The van der Waals surface area contributed by atoms with E-state index in [-0.39, 0.29) is 24.0 Å². The number of nitrogens with one attached hydrogen (secondary N) is 1. The minimum Gasteiger partial charge on any atom is -0.375 e. The van der Waals surface area contributed by atoms with Gasteiger partial charge in [0, 0.05) is 33.3 Å². The quantitative estimate of drug-likeness (QED) is 0.835. The fraction of sp³-hybridized carbons (Fsp3) is 0.579. The molecule has 2 fully saturated rings. The van der Waals surface area contributed by atoms with Gasteiger partial charge in [0.2, 0.25) is 11.8 Å². The second-order valence-electron chi connectivity index (χ2n) is 6.94. The minimum absolute atomic E-state index is 0.0177. The number of benzene rings is 1. The molecule has 1 saturated carbocycles. The number of rotatable bonds is 6. The number of ether oxygens (including phenoxy) is 1. The second kappa shape index (κ2) is 7.97. The average Bonchev–Trinajstić information content (AvgIpc) is 2.60. The van der Waals surface area contributed by atoms with Crippen LogP contribution in [0.3, 0.4) is 0 Å². The maximum absolute atomic E-state index is 12.6. The number of methoxy groups -OCH3 is 1. The molecule has 0 aromatic heterocycles. The first-order valence-corrected chi connectivity index (χ1v) is 8.98. The van der Waals surface area contributed by atoms with Gasteiger partial charge in [-0.15, -0.1) is 0 Å². The molecule has 1 aliphatic carbocycles. The van der Waals surface area contributed by atoms with Gasteiger partial charge in [-0.25, -0.2) is 0 Å². The van der Waals surface area contributed by atoms with Crippen molar-refractivity contribution in [1.82, 2.24) is 15.1 Å². The summed E-state index contributed by atoms with van der Waals surface area (Å²) in [5.41, 5.74) is 1.01. The van der Waals surface area contributed by atoms with Crippen molar-refractivity contribution in [2.24, 2.45) is 0 Å². The van der Waals surface area contributed by atoms with Crippen molar-refractivity contribution in [2.75, 3.05) is 46.4 Å². The highest BCUT2D eigenvalue weighted by Crippen LogP contribution is 2.41. The number of carbonyl (C=O) groups is 2. The highest BCUT2D eigenvalue weighted by molar-refractivity contribution is 5.79. The Bertz CT molecular complexity index is 593. The van der Waals surface area contributed by atoms with Gasteiger partial charge in [-0.05, 0) is 24.8 Å². The summed E-state index contributed by atoms with van der Waals surface area (Å²) >= 11 is 0. The van der Waals surface area contributed by atoms with E-state index < -0.39 is 0 Å².